The smallest absolute Gasteiger partial charge is 0.257 e. The number of nitrogens with one attached hydrogen (secondary N) is 2. The molecule has 0 saturated heterocycles. The Morgan fingerprint density at radius 3 is 2.56 bits per heavy atom. The Hall–Kier alpha value is -3.99. The van der Waals surface area contributed by atoms with Crippen LogP contribution in [0.3, 0.4) is 0 Å². The summed E-state index contributed by atoms with van der Waals surface area (Å²) in [6, 6.07) is 17.6. The SMILES string of the molecule is COc1cc(/C=N\NC(=O)Cc2nnc(NC(=O)c3ccc(C)cc3)s2)ccc1OCc1ccc(Cl)cc1Cl. The lowest BCUT2D eigenvalue weighted by Gasteiger charge is -2.12. The lowest BCUT2D eigenvalue weighted by atomic mass is 10.1. The van der Waals surface area contributed by atoms with Crippen molar-refractivity contribution < 1.29 is 19.1 Å². The lowest BCUT2D eigenvalue weighted by Crippen LogP contribution is -2.19. The number of ether oxygens (including phenoxy) is 2. The normalized spacial score (nSPS) is 10.9. The molecule has 3 aromatic carbocycles. The molecule has 1 heterocycles. The molecule has 0 spiro atoms. The largest absolute Gasteiger partial charge is 0.493 e. The third-order valence-corrected chi connectivity index (χ3v) is 6.73. The van der Waals surface area contributed by atoms with Crippen molar-refractivity contribution >= 4 is 57.7 Å². The minimum Gasteiger partial charge on any atom is -0.493 e. The second-order valence-corrected chi connectivity index (χ2v) is 10.1. The molecule has 0 aliphatic carbocycles. The van der Waals surface area contributed by atoms with Crippen LogP contribution in [-0.4, -0.2) is 35.3 Å². The van der Waals surface area contributed by atoms with Crippen molar-refractivity contribution in [2.75, 3.05) is 12.4 Å². The van der Waals surface area contributed by atoms with Crippen molar-refractivity contribution in [2.24, 2.45) is 5.10 Å². The van der Waals surface area contributed by atoms with E-state index in [-0.39, 0.29) is 24.8 Å². The quantitative estimate of drug-likeness (QED) is 0.183. The Balaban J connectivity index is 1.28. The van der Waals surface area contributed by atoms with Crippen LogP contribution in [-0.2, 0) is 17.8 Å². The zero-order chi connectivity index (χ0) is 27.8. The first-order valence-corrected chi connectivity index (χ1v) is 13.1. The van der Waals surface area contributed by atoms with Crippen LogP contribution >= 0.6 is 34.5 Å². The molecular formula is C27H23Cl2N5O4S. The van der Waals surface area contributed by atoms with Gasteiger partial charge in [-0.15, -0.1) is 10.2 Å². The summed E-state index contributed by atoms with van der Waals surface area (Å²) in [4.78, 5) is 24.6. The molecule has 0 bridgehead atoms. The number of benzene rings is 3. The standard InChI is InChI=1S/C27H23Cl2N5O4S/c1-16-3-6-18(7-4-16)26(36)31-27-34-33-25(39-27)13-24(35)32-30-14-17-5-10-22(23(11-17)37-2)38-15-19-8-9-20(28)12-21(19)29/h3-12,14H,13,15H2,1-2H3,(H,32,35)(H,31,34,36)/b30-14-. The molecule has 0 aliphatic heterocycles. The van der Waals surface area contributed by atoms with Crippen molar-refractivity contribution in [3.8, 4) is 11.5 Å². The van der Waals surface area contributed by atoms with E-state index in [2.05, 4.69) is 26.0 Å². The monoisotopic (exact) mass is 583 g/mol. The Kier molecular flexibility index (Phi) is 9.48. The number of hydrogen-bond donors (Lipinski definition) is 2. The molecule has 12 heteroatoms. The number of aromatic nitrogens is 2. The fourth-order valence-electron chi connectivity index (χ4n) is 3.28. The first kappa shape index (κ1) is 28.0. The minimum atomic E-state index is -0.384. The number of rotatable bonds is 10. The number of anilines is 1. The van der Waals surface area contributed by atoms with Gasteiger partial charge in [-0.2, -0.15) is 5.10 Å². The third kappa shape index (κ3) is 8.00. The topological polar surface area (TPSA) is 115 Å². The highest BCUT2D eigenvalue weighted by Gasteiger charge is 2.13. The second kappa shape index (κ2) is 13.2. The fraction of sp³-hybridized carbons (Fsp3) is 0.148. The lowest BCUT2D eigenvalue weighted by molar-refractivity contribution is -0.120. The van der Waals surface area contributed by atoms with E-state index in [1.165, 1.54) is 13.3 Å². The fourth-order valence-corrected chi connectivity index (χ4v) is 4.48. The van der Waals surface area contributed by atoms with Crippen molar-refractivity contribution in [2.45, 2.75) is 20.0 Å². The van der Waals surface area contributed by atoms with Gasteiger partial charge in [0.25, 0.3) is 5.91 Å². The van der Waals surface area contributed by atoms with Crippen LogP contribution in [0.25, 0.3) is 0 Å². The van der Waals surface area contributed by atoms with E-state index in [9.17, 15) is 9.59 Å². The van der Waals surface area contributed by atoms with Gasteiger partial charge in [0, 0.05) is 21.2 Å². The summed E-state index contributed by atoms with van der Waals surface area (Å²) in [5.41, 5.74) is 5.48. The van der Waals surface area contributed by atoms with Gasteiger partial charge < -0.3 is 9.47 Å². The third-order valence-electron chi connectivity index (χ3n) is 5.30. The van der Waals surface area contributed by atoms with E-state index in [1.807, 2.05) is 19.1 Å². The average Bonchev–Trinajstić information content (AvgIpc) is 3.35. The van der Waals surface area contributed by atoms with Gasteiger partial charge in [-0.3, -0.25) is 14.9 Å². The van der Waals surface area contributed by atoms with Crippen LogP contribution in [0.5, 0.6) is 11.5 Å². The molecule has 0 saturated carbocycles. The second-order valence-electron chi connectivity index (χ2n) is 8.23. The van der Waals surface area contributed by atoms with Crippen molar-refractivity contribution in [1.82, 2.24) is 15.6 Å². The first-order valence-electron chi connectivity index (χ1n) is 11.6. The molecule has 0 fully saturated rings. The van der Waals surface area contributed by atoms with Crippen LogP contribution in [0, 0.1) is 6.92 Å². The Morgan fingerprint density at radius 1 is 1.03 bits per heavy atom. The highest BCUT2D eigenvalue weighted by Crippen LogP contribution is 2.30. The molecule has 0 aliphatic rings. The van der Waals surface area contributed by atoms with Gasteiger partial charge in [0.1, 0.15) is 11.6 Å². The van der Waals surface area contributed by atoms with Gasteiger partial charge in [-0.05, 0) is 55.0 Å². The number of carbonyl (C=O) groups excluding carboxylic acids is 2. The number of aryl methyl sites for hydroxylation is 1. The maximum Gasteiger partial charge on any atom is 0.257 e. The summed E-state index contributed by atoms with van der Waals surface area (Å²) in [7, 11) is 1.53. The summed E-state index contributed by atoms with van der Waals surface area (Å²) in [6.07, 6.45) is 1.44. The molecule has 1 aromatic heterocycles. The van der Waals surface area contributed by atoms with Crippen LogP contribution in [0.2, 0.25) is 10.0 Å². The molecule has 0 unspecified atom stereocenters. The minimum absolute atomic E-state index is 0.0429. The van der Waals surface area contributed by atoms with E-state index in [0.717, 1.165) is 22.5 Å². The van der Waals surface area contributed by atoms with Crippen LogP contribution in [0.1, 0.15) is 32.1 Å². The molecule has 0 radical (unpaired) electrons. The van der Waals surface area contributed by atoms with Crippen molar-refractivity contribution in [3.63, 3.8) is 0 Å². The predicted molar refractivity (Wildman–Crippen MR) is 152 cm³/mol. The Labute approximate surface area is 238 Å². The number of hydrogen-bond acceptors (Lipinski definition) is 8. The van der Waals surface area contributed by atoms with Crippen molar-refractivity contribution in [1.29, 1.82) is 0 Å². The van der Waals surface area contributed by atoms with Gasteiger partial charge in [-0.25, -0.2) is 5.43 Å². The van der Waals surface area contributed by atoms with Gasteiger partial charge >= 0.3 is 0 Å². The number of methoxy groups -OCH3 is 1. The van der Waals surface area contributed by atoms with Crippen LogP contribution < -0.4 is 20.2 Å². The summed E-state index contributed by atoms with van der Waals surface area (Å²) in [6.45, 7) is 2.18. The van der Waals surface area contributed by atoms with Crippen LogP contribution in [0.4, 0.5) is 5.13 Å². The molecule has 200 valence electrons. The molecule has 4 rings (SSSR count). The maximum absolute atomic E-state index is 12.3. The Bertz CT molecular complexity index is 1510. The van der Waals surface area contributed by atoms with Gasteiger partial charge in [0.15, 0.2) is 11.5 Å². The summed E-state index contributed by atoms with van der Waals surface area (Å²) >= 11 is 13.3. The van der Waals surface area contributed by atoms with Gasteiger partial charge in [0.2, 0.25) is 11.0 Å². The van der Waals surface area contributed by atoms with E-state index in [1.54, 1.807) is 48.5 Å². The van der Waals surface area contributed by atoms with Gasteiger partial charge in [0.05, 0.1) is 19.7 Å². The van der Waals surface area contributed by atoms with E-state index >= 15 is 0 Å². The molecular weight excluding hydrogens is 561 g/mol. The van der Waals surface area contributed by atoms with E-state index in [4.69, 9.17) is 32.7 Å². The molecule has 2 N–H and O–H groups in total. The molecule has 0 atom stereocenters. The predicted octanol–water partition coefficient (Wildman–Crippen LogP) is 5.69. The molecule has 9 nitrogen and oxygen atoms in total. The Morgan fingerprint density at radius 2 is 1.82 bits per heavy atom. The number of hydrazone groups is 1. The first-order chi connectivity index (χ1) is 18.8. The number of amides is 2. The number of nitrogens with zero attached hydrogens (tertiary/aromatic N) is 3. The zero-order valence-corrected chi connectivity index (χ0v) is 23.2. The summed E-state index contributed by atoms with van der Waals surface area (Å²) < 4.78 is 11.3. The summed E-state index contributed by atoms with van der Waals surface area (Å²) in [5.74, 6) is 0.327. The average molecular weight is 584 g/mol. The highest BCUT2D eigenvalue weighted by molar-refractivity contribution is 7.15. The maximum atomic E-state index is 12.3. The van der Waals surface area contributed by atoms with Gasteiger partial charge in [-0.1, -0.05) is 58.3 Å². The number of carbonyl (C=O) groups is 2. The number of halogens is 2. The molecule has 2 amide bonds. The highest BCUT2D eigenvalue weighted by atomic mass is 35.5. The summed E-state index contributed by atoms with van der Waals surface area (Å²) in [5, 5.41) is 16.4. The van der Waals surface area contributed by atoms with Crippen LogP contribution in [0.15, 0.2) is 65.8 Å². The van der Waals surface area contributed by atoms with E-state index in [0.29, 0.717) is 42.8 Å². The van der Waals surface area contributed by atoms with Crippen molar-refractivity contribution in [3.05, 3.63) is 98.0 Å². The molecule has 4 aromatic rings. The zero-order valence-electron chi connectivity index (χ0n) is 20.9. The molecule has 39 heavy (non-hydrogen) atoms. The van der Waals surface area contributed by atoms with E-state index < -0.39 is 0 Å².